The summed E-state index contributed by atoms with van der Waals surface area (Å²) in [7, 11) is 0. The maximum atomic E-state index is 13.5. The standard InChI is InChI=1S/C33H26Cl4N4O4S2/c1-2-22(30(42)40-32-21(14-38)20-11-12-41(16-23(20)47-32)15-17-7-4-3-5-8-17)46-19-10-6-9-18(13-19)39-31(43)24-25(33(44)45)27(35)29(37)28(36)26(24)34/h3-10,13,22H,2,11-12,15-16H2,1H3,(H,39,43)(H,40,42)(H,44,45). The maximum absolute atomic E-state index is 13.5. The van der Waals surface area contributed by atoms with E-state index in [1.54, 1.807) is 24.3 Å². The van der Waals surface area contributed by atoms with E-state index in [0.717, 1.165) is 30.0 Å². The first-order valence-electron chi connectivity index (χ1n) is 14.3. The number of benzene rings is 3. The van der Waals surface area contributed by atoms with Crippen LogP contribution in [0.1, 0.15) is 55.6 Å². The molecule has 242 valence electrons. The number of fused-ring (bicyclic) bond motifs is 1. The Bertz CT molecular complexity index is 1910. The Morgan fingerprint density at radius 1 is 1.00 bits per heavy atom. The number of carboxylic acids is 1. The topological polar surface area (TPSA) is 123 Å². The number of hydrogen-bond acceptors (Lipinski definition) is 7. The summed E-state index contributed by atoms with van der Waals surface area (Å²) in [6.45, 7) is 4.23. The zero-order valence-electron chi connectivity index (χ0n) is 24.7. The van der Waals surface area contributed by atoms with Gasteiger partial charge < -0.3 is 15.7 Å². The molecule has 8 nitrogen and oxygen atoms in total. The van der Waals surface area contributed by atoms with Crippen molar-refractivity contribution >= 4 is 98.0 Å². The van der Waals surface area contributed by atoms with Crippen LogP contribution < -0.4 is 10.6 Å². The number of rotatable bonds is 10. The highest BCUT2D eigenvalue weighted by molar-refractivity contribution is 8.00. The molecule has 1 unspecified atom stereocenters. The molecule has 0 saturated carbocycles. The van der Waals surface area contributed by atoms with Gasteiger partial charge in [0.2, 0.25) is 5.91 Å². The Morgan fingerprint density at radius 2 is 1.70 bits per heavy atom. The number of anilines is 2. The van der Waals surface area contributed by atoms with Crippen molar-refractivity contribution in [2.75, 3.05) is 17.2 Å². The van der Waals surface area contributed by atoms with Crippen LogP contribution in [-0.4, -0.2) is 39.6 Å². The zero-order valence-corrected chi connectivity index (χ0v) is 29.4. The first-order valence-corrected chi connectivity index (χ1v) is 17.5. The zero-order chi connectivity index (χ0) is 33.8. The molecule has 0 spiro atoms. The fourth-order valence-corrected chi connectivity index (χ4v) is 8.48. The minimum Gasteiger partial charge on any atom is -0.478 e. The molecule has 2 amide bonds. The Kier molecular flexibility index (Phi) is 11.4. The van der Waals surface area contributed by atoms with E-state index >= 15 is 0 Å². The van der Waals surface area contributed by atoms with E-state index in [1.165, 1.54) is 28.7 Å². The number of nitriles is 1. The number of nitrogens with zero attached hydrogens (tertiary/aromatic N) is 2. The summed E-state index contributed by atoms with van der Waals surface area (Å²) in [5.41, 5.74) is 2.05. The molecule has 47 heavy (non-hydrogen) atoms. The number of carboxylic acid groups (broad SMARTS) is 1. The van der Waals surface area contributed by atoms with Crippen LogP contribution in [0.4, 0.5) is 10.7 Å². The summed E-state index contributed by atoms with van der Waals surface area (Å²) in [5.74, 6) is -2.60. The van der Waals surface area contributed by atoms with E-state index in [9.17, 15) is 24.8 Å². The highest BCUT2D eigenvalue weighted by atomic mass is 35.5. The summed E-state index contributed by atoms with van der Waals surface area (Å²) in [6, 6.07) is 19.3. The quantitative estimate of drug-likeness (QED) is 0.0840. The predicted octanol–water partition coefficient (Wildman–Crippen LogP) is 9.25. The van der Waals surface area contributed by atoms with Gasteiger partial charge in [0, 0.05) is 35.1 Å². The van der Waals surface area contributed by atoms with E-state index in [-0.39, 0.29) is 21.0 Å². The first kappa shape index (κ1) is 35.0. The summed E-state index contributed by atoms with van der Waals surface area (Å²) in [6.07, 6.45) is 1.22. The number of nitrogens with one attached hydrogen (secondary N) is 2. The molecular formula is C33H26Cl4N4O4S2. The lowest BCUT2D eigenvalue weighted by Gasteiger charge is -2.26. The number of halogens is 4. The van der Waals surface area contributed by atoms with Gasteiger partial charge in [-0.15, -0.1) is 23.1 Å². The van der Waals surface area contributed by atoms with Crippen molar-refractivity contribution in [3.8, 4) is 6.07 Å². The molecule has 1 aliphatic rings. The molecule has 0 fully saturated rings. The van der Waals surface area contributed by atoms with E-state index in [4.69, 9.17) is 46.4 Å². The normalized spacial score (nSPS) is 13.4. The monoisotopic (exact) mass is 746 g/mol. The van der Waals surface area contributed by atoms with Gasteiger partial charge in [0.05, 0.1) is 42.0 Å². The summed E-state index contributed by atoms with van der Waals surface area (Å²) >= 11 is 27.2. The Balaban J connectivity index is 1.29. The van der Waals surface area contributed by atoms with Crippen LogP contribution in [0.25, 0.3) is 0 Å². The van der Waals surface area contributed by atoms with Crippen LogP contribution in [0.15, 0.2) is 59.5 Å². The predicted molar refractivity (Wildman–Crippen MR) is 190 cm³/mol. The molecular weight excluding hydrogens is 722 g/mol. The van der Waals surface area contributed by atoms with Crippen LogP contribution in [0.3, 0.4) is 0 Å². The molecule has 3 aromatic carbocycles. The molecule has 3 N–H and O–H groups in total. The molecule has 0 aliphatic carbocycles. The van der Waals surface area contributed by atoms with E-state index in [0.29, 0.717) is 34.1 Å². The van der Waals surface area contributed by atoms with Crippen molar-refractivity contribution in [2.24, 2.45) is 0 Å². The van der Waals surface area contributed by atoms with Gasteiger partial charge >= 0.3 is 5.97 Å². The fourth-order valence-electron chi connectivity index (χ4n) is 5.20. The average molecular weight is 749 g/mol. The number of hydrogen-bond donors (Lipinski definition) is 3. The van der Waals surface area contributed by atoms with Gasteiger partial charge in [-0.3, -0.25) is 14.5 Å². The molecule has 0 bridgehead atoms. The minimum absolute atomic E-state index is 0.244. The van der Waals surface area contributed by atoms with Gasteiger partial charge in [-0.2, -0.15) is 5.26 Å². The molecule has 14 heteroatoms. The van der Waals surface area contributed by atoms with Gasteiger partial charge in [-0.1, -0.05) is 89.7 Å². The van der Waals surface area contributed by atoms with Crippen LogP contribution >= 0.6 is 69.5 Å². The number of thiophene rings is 1. The van der Waals surface area contributed by atoms with Crippen LogP contribution in [-0.2, 0) is 24.3 Å². The number of amides is 2. The third kappa shape index (κ3) is 7.74. The third-order valence-electron chi connectivity index (χ3n) is 7.47. The highest BCUT2D eigenvalue weighted by Crippen LogP contribution is 2.42. The largest absolute Gasteiger partial charge is 0.478 e. The SMILES string of the molecule is CCC(Sc1cccc(NC(=O)c2c(Cl)c(Cl)c(Cl)c(Cl)c2C(=O)O)c1)C(=O)Nc1sc2c(c1C#N)CCN(Cc1ccccc1)C2. The Labute approximate surface area is 299 Å². The third-order valence-corrected chi connectivity index (χ3v) is 11.8. The van der Waals surface area contributed by atoms with Crippen molar-refractivity contribution in [3.63, 3.8) is 0 Å². The molecule has 0 radical (unpaired) electrons. The summed E-state index contributed by atoms with van der Waals surface area (Å²) in [4.78, 5) is 42.7. The lowest BCUT2D eigenvalue weighted by Crippen LogP contribution is -2.29. The lowest BCUT2D eigenvalue weighted by atomic mass is 10.0. The van der Waals surface area contributed by atoms with Crippen molar-refractivity contribution in [2.45, 2.75) is 43.0 Å². The Morgan fingerprint density at radius 3 is 2.36 bits per heavy atom. The second-order valence-corrected chi connectivity index (χ2v) is 14.5. The molecule has 1 atom stereocenters. The highest BCUT2D eigenvalue weighted by Gasteiger charge is 2.30. The Hall–Kier alpha value is -3.27. The molecule has 5 rings (SSSR count). The fraction of sp³-hybridized carbons (Fsp3) is 0.212. The van der Waals surface area contributed by atoms with Crippen LogP contribution in [0.5, 0.6) is 0 Å². The second-order valence-electron chi connectivity index (χ2n) is 10.6. The number of aromatic carboxylic acids is 1. The smallest absolute Gasteiger partial charge is 0.338 e. The average Bonchev–Trinajstić information content (AvgIpc) is 3.40. The first-order chi connectivity index (χ1) is 22.5. The van der Waals surface area contributed by atoms with Gasteiger partial charge in [0.15, 0.2) is 0 Å². The molecule has 2 heterocycles. The van der Waals surface area contributed by atoms with Gasteiger partial charge in [0.25, 0.3) is 5.91 Å². The number of carbonyl (C=O) groups excluding carboxylic acids is 2. The van der Waals surface area contributed by atoms with E-state index in [2.05, 4.69) is 33.7 Å². The van der Waals surface area contributed by atoms with Crippen molar-refractivity contribution in [1.82, 2.24) is 4.90 Å². The molecule has 1 aliphatic heterocycles. The van der Waals surface area contributed by atoms with E-state index < -0.39 is 33.3 Å². The second kappa shape index (κ2) is 15.3. The number of thioether (sulfide) groups is 1. The van der Waals surface area contributed by atoms with Crippen molar-refractivity contribution in [1.29, 1.82) is 5.26 Å². The van der Waals surface area contributed by atoms with Gasteiger partial charge in [0.1, 0.15) is 11.1 Å². The molecule has 4 aromatic rings. The van der Waals surface area contributed by atoms with Gasteiger partial charge in [-0.05, 0) is 42.2 Å². The van der Waals surface area contributed by atoms with Crippen molar-refractivity contribution < 1.29 is 19.5 Å². The van der Waals surface area contributed by atoms with Crippen LogP contribution in [0, 0.1) is 11.3 Å². The number of carbonyl (C=O) groups is 3. The van der Waals surface area contributed by atoms with Gasteiger partial charge in [-0.25, -0.2) is 4.79 Å². The summed E-state index contributed by atoms with van der Waals surface area (Å²) < 4.78 is 0. The minimum atomic E-state index is -1.50. The van der Waals surface area contributed by atoms with Crippen molar-refractivity contribution in [3.05, 3.63) is 107 Å². The lowest BCUT2D eigenvalue weighted by molar-refractivity contribution is -0.115. The molecule has 1 aromatic heterocycles. The summed E-state index contributed by atoms with van der Waals surface area (Å²) in [5, 5.41) is 24.1. The van der Waals surface area contributed by atoms with E-state index in [1.807, 2.05) is 25.1 Å². The van der Waals surface area contributed by atoms with Crippen LogP contribution in [0.2, 0.25) is 20.1 Å². The maximum Gasteiger partial charge on any atom is 0.338 e. The molecule has 0 saturated heterocycles.